The summed E-state index contributed by atoms with van der Waals surface area (Å²) in [4.78, 5) is 13.1. The molecule has 2 aromatic rings. The maximum atomic E-state index is 13.1. The minimum atomic E-state index is -1.06. The first-order chi connectivity index (χ1) is 13.6. The van der Waals surface area contributed by atoms with E-state index in [9.17, 15) is 9.90 Å². The molecule has 3 rings (SSSR count). The number of Topliss-reactive ketones (excluding diaryl/α,β-unsaturated/α-hetero) is 1. The van der Waals surface area contributed by atoms with Gasteiger partial charge in [0, 0.05) is 0 Å². The smallest absolute Gasteiger partial charge is 0.198 e. The molecule has 0 radical (unpaired) electrons. The summed E-state index contributed by atoms with van der Waals surface area (Å²) in [6.07, 6.45) is 0.693. The number of aliphatic hydroxyl groups excluding tert-OH is 1. The molecule has 29 heavy (non-hydrogen) atoms. The minimum absolute atomic E-state index is 0.0768. The Kier molecular flexibility index (Phi) is 5.25. The van der Waals surface area contributed by atoms with Crippen molar-refractivity contribution in [1.82, 2.24) is 0 Å². The molecule has 0 amide bonds. The fraction of sp³-hybridized carbons (Fsp3) is 0.333. The fourth-order valence-electron chi connectivity index (χ4n) is 3.59. The number of rotatable bonds is 4. The monoisotopic (exact) mass is 391 g/mol. The maximum Gasteiger partial charge on any atom is 0.198 e. The van der Waals surface area contributed by atoms with E-state index >= 15 is 0 Å². The quantitative estimate of drug-likeness (QED) is 0.761. The topological polar surface area (TPSA) is 79.6 Å². The zero-order valence-corrected chi connectivity index (χ0v) is 17.4. The van der Waals surface area contributed by atoms with Gasteiger partial charge in [-0.2, -0.15) is 5.26 Å². The van der Waals surface area contributed by atoms with E-state index in [1.54, 1.807) is 58.0 Å². The van der Waals surface area contributed by atoms with E-state index in [2.05, 4.69) is 6.07 Å². The number of ketones is 1. The summed E-state index contributed by atoms with van der Waals surface area (Å²) in [7, 11) is 0. The van der Waals surface area contributed by atoms with E-state index in [1.165, 1.54) is 0 Å². The van der Waals surface area contributed by atoms with Crippen LogP contribution in [0.3, 0.4) is 0 Å². The second-order valence-corrected chi connectivity index (χ2v) is 8.09. The van der Waals surface area contributed by atoms with Crippen LogP contribution in [0.5, 0.6) is 11.5 Å². The Hall–Kier alpha value is -3.10. The Bertz CT molecular complexity index is 1020. The third kappa shape index (κ3) is 3.90. The van der Waals surface area contributed by atoms with Gasteiger partial charge in [0.2, 0.25) is 0 Å². The number of hydrogen-bond acceptors (Lipinski definition) is 5. The minimum Gasteiger partial charge on any atom is -0.508 e. The fourth-order valence-corrected chi connectivity index (χ4v) is 3.59. The molecule has 0 bridgehead atoms. The van der Waals surface area contributed by atoms with E-state index in [4.69, 9.17) is 14.7 Å². The van der Waals surface area contributed by atoms with Gasteiger partial charge in [0.05, 0.1) is 17.2 Å². The van der Waals surface area contributed by atoms with Gasteiger partial charge < -0.3 is 14.6 Å². The zero-order valence-electron chi connectivity index (χ0n) is 17.4. The molecule has 0 aromatic heterocycles. The van der Waals surface area contributed by atoms with Crippen molar-refractivity contribution in [3.63, 3.8) is 0 Å². The summed E-state index contributed by atoms with van der Waals surface area (Å²) < 4.78 is 11.8. The maximum absolute atomic E-state index is 13.1. The zero-order chi connectivity index (χ0) is 21.4. The van der Waals surface area contributed by atoms with Gasteiger partial charge in [-0.25, -0.2) is 0 Å². The molecular weight excluding hydrogens is 366 g/mol. The lowest BCUT2D eigenvalue weighted by Crippen LogP contribution is -2.49. The van der Waals surface area contributed by atoms with Crippen molar-refractivity contribution >= 4 is 11.4 Å². The Morgan fingerprint density at radius 2 is 1.66 bits per heavy atom. The van der Waals surface area contributed by atoms with Crippen molar-refractivity contribution in [2.75, 3.05) is 0 Å². The van der Waals surface area contributed by atoms with Gasteiger partial charge in [0.1, 0.15) is 28.5 Å². The first-order valence-corrected chi connectivity index (χ1v) is 9.59. The van der Waals surface area contributed by atoms with Gasteiger partial charge in [-0.1, -0.05) is 13.0 Å². The molecule has 0 spiro atoms. The van der Waals surface area contributed by atoms with Gasteiger partial charge in [-0.15, -0.1) is 0 Å². The van der Waals surface area contributed by atoms with Gasteiger partial charge in [0.25, 0.3) is 0 Å². The lowest BCUT2D eigenvalue weighted by atomic mass is 9.81. The van der Waals surface area contributed by atoms with Crippen LogP contribution in [-0.2, 0) is 16.0 Å². The third-order valence-electron chi connectivity index (χ3n) is 5.04. The number of aliphatic hydroxyl groups is 1. The number of aryl methyl sites for hydroxylation is 1. The van der Waals surface area contributed by atoms with Gasteiger partial charge >= 0.3 is 0 Å². The SMILES string of the molecule is CCc1ccc(Oc2ccc(C#N)cc2)cc1C1=C(O)C(C)(C)OC(C)(C)C1=O. The molecule has 5 nitrogen and oxygen atoms in total. The van der Waals surface area contributed by atoms with E-state index in [1.807, 2.05) is 19.1 Å². The summed E-state index contributed by atoms with van der Waals surface area (Å²) in [5, 5.41) is 19.8. The predicted molar refractivity (Wildman–Crippen MR) is 111 cm³/mol. The third-order valence-corrected chi connectivity index (χ3v) is 5.04. The van der Waals surface area contributed by atoms with Crippen LogP contribution in [0.4, 0.5) is 0 Å². The van der Waals surface area contributed by atoms with Crippen molar-refractivity contribution in [3.05, 3.63) is 64.9 Å². The highest BCUT2D eigenvalue weighted by Gasteiger charge is 2.47. The molecule has 5 heteroatoms. The molecule has 1 N–H and O–H groups in total. The molecule has 0 atom stereocenters. The van der Waals surface area contributed by atoms with Gasteiger partial charge in [-0.05, 0) is 81.6 Å². The molecule has 0 aliphatic carbocycles. The van der Waals surface area contributed by atoms with Crippen LogP contribution < -0.4 is 4.74 Å². The van der Waals surface area contributed by atoms with Crippen LogP contribution in [0.2, 0.25) is 0 Å². The number of ether oxygens (including phenoxy) is 2. The van der Waals surface area contributed by atoms with E-state index in [0.29, 0.717) is 29.0 Å². The van der Waals surface area contributed by atoms with E-state index < -0.39 is 11.2 Å². The number of nitrogens with zero attached hydrogens (tertiary/aromatic N) is 1. The highest BCUT2D eigenvalue weighted by Crippen LogP contribution is 2.41. The van der Waals surface area contributed by atoms with Gasteiger partial charge in [0.15, 0.2) is 5.78 Å². The van der Waals surface area contributed by atoms with Crippen molar-refractivity contribution in [1.29, 1.82) is 5.26 Å². The average molecular weight is 391 g/mol. The Morgan fingerprint density at radius 1 is 1.03 bits per heavy atom. The first kappa shape index (κ1) is 20.6. The average Bonchev–Trinajstić information content (AvgIpc) is 2.67. The summed E-state index contributed by atoms with van der Waals surface area (Å²) in [6, 6.07) is 14.4. The van der Waals surface area contributed by atoms with Gasteiger partial charge in [-0.3, -0.25) is 4.79 Å². The van der Waals surface area contributed by atoms with Crippen LogP contribution in [0, 0.1) is 11.3 Å². The second kappa shape index (κ2) is 7.38. The predicted octanol–water partition coefficient (Wildman–Crippen LogP) is 5.34. The van der Waals surface area contributed by atoms with E-state index in [-0.39, 0.29) is 17.1 Å². The summed E-state index contributed by atoms with van der Waals surface area (Å²) in [5.74, 6) is 0.778. The van der Waals surface area contributed by atoms with Crippen molar-refractivity contribution in [3.8, 4) is 17.6 Å². The number of carbonyl (C=O) groups excluding carboxylic acids is 1. The Balaban J connectivity index is 2.09. The van der Waals surface area contributed by atoms with Crippen LogP contribution in [0.1, 0.15) is 51.3 Å². The molecular formula is C24H25NO4. The summed E-state index contributed by atoms with van der Waals surface area (Å²) in [5.41, 5.74) is 0.355. The lowest BCUT2D eigenvalue weighted by molar-refractivity contribution is -0.158. The van der Waals surface area contributed by atoms with Crippen LogP contribution in [-0.4, -0.2) is 22.1 Å². The molecule has 1 aliphatic heterocycles. The normalized spacial score (nSPS) is 17.7. The molecule has 0 fully saturated rings. The summed E-state index contributed by atoms with van der Waals surface area (Å²) in [6.45, 7) is 8.93. The van der Waals surface area contributed by atoms with Crippen molar-refractivity contribution in [2.24, 2.45) is 0 Å². The lowest BCUT2D eigenvalue weighted by Gasteiger charge is -2.40. The number of nitriles is 1. The second-order valence-electron chi connectivity index (χ2n) is 8.09. The largest absolute Gasteiger partial charge is 0.508 e. The Morgan fingerprint density at radius 3 is 2.24 bits per heavy atom. The van der Waals surface area contributed by atoms with E-state index in [0.717, 1.165) is 5.56 Å². The van der Waals surface area contributed by atoms with Crippen LogP contribution >= 0.6 is 0 Å². The molecule has 1 heterocycles. The molecule has 0 saturated carbocycles. The number of carbonyl (C=O) groups is 1. The standard InChI is InChI=1S/C24H25NO4/c1-6-16-9-12-18(28-17-10-7-15(14-25)8-11-17)13-19(16)20-21(26)23(2,3)29-24(4,5)22(20)27/h7-13,26H,6H2,1-5H3. The summed E-state index contributed by atoms with van der Waals surface area (Å²) >= 11 is 0. The highest BCUT2D eigenvalue weighted by atomic mass is 16.5. The molecule has 0 unspecified atom stereocenters. The molecule has 0 saturated heterocycles. The molecule has 150 valence electrons. The van der Waals surface area contributed by atoms with Crippen molar-refractivity contribution < 1.29 is 19.4 Å². The number of hydrogen-bond donors (Lipinski definition) is 1. The number of benzene rings is 2. The first-order valence-electron chi connectivity index (χ1n) is 9.59. The highest BCUT2D eigenvalue weighted by molar-refractivity contribution is 6.26. The molecule has 1 aliphatic rings. The van der Waals surface area contributed by atoms with Crippen LogP contribution in [0.15, 0.2) is 48.2 Å². The molecule has 2 aromatic carbocycles. The van der Waals surface area contributed by atoms with Crippen LogP contribution in [0.25, 0.3) is 5.57 Å². The Labute approximate surface area is 171 Å². The van der Waals surface area contributed by atoms with Crippen molar-refractivity contribution in [2.45, 2.75) is 52.2 Å².